The maximum Gasteiger partial charge on any atom is 0.232 e. The molecule has 0 spiro atoms. The minimum atomic E-state index is -0.162. The van der Waals surface area contributed by atoms with Gasteiger partial charge in [0.25, 0.3) is 0 Å². The summed E-state index contributed by atoms with van der Waals surface area (Å²) >= 11 is 8.41. The Hall–Kier alpha value is 0.170. The Morgan fingerprint density at radius 1 is 1.50 bits per heavy atom. The maximum atomic E-state index is 10.9. The van der Waals surface area contributed by atoms with E-state index in [1.165, 1.54) is 0 Å². The molecule has 2 nitrogen and oxygen atoms in total. The molecule has 0 aromatic carbocycles. The fourth-order valence-electron chi connectivity index (χ4n) is 0.962. The summed E-state index contributed by atoms with van der Waals surface area (Å²) in [6.07, 6.45) is 1.73. The third kappa shape index (κ3) is 2.09. The molecule has 1 rings (SSSR count). The van der Waals surface area contributed by atoms with E-state index in [0.29, 0.717) is 5.25 Å². The Morgan fingerprint density at radius 2 is 2.20 bits per heavy atom. The SMILES string of the molecule is O=C1NCCC(S)CC1S. The fraction of sp³-hybridized carbons (Fsp3) is 0.833. The summed E-state index contributed by atoms with van der Waals surface area (Å²) in [7, 11) is 0. The monoisotopic (exact) mass is 177 g/mol. The number of amides is 1. The molecule has 4 heteroatoms. The highest BCUT2D eigenvalue weighted by Crippen LogP contribution is 2.15. The molecule has 2 atom stereocenters. The molecule has 1 heterocycles. The van der Waals surface area contributed by atoms with Crippen LogP contribution in [0.15, 0.2) is 0 Å². The lowest BCUT2D eigenvalue weighted by Crippen LogP contribution is -2.29. The van der Waals surface area contributed by atoms with Gasteiger partial charge in [-0.05, 0) is 12.8 Å². The standard InChI is InChI=1S/C6H11NOS2/c8-6-5(10)3-4(9)1-2-7-6/h4-5,9-10H,1-3H2,(H,7,8). The minimum absolute atomic E-state index is 0.0416. The molecule has 10 heavy (non-hydrogen) atoms. The van der Waals surface area contributed by atoms with Crippen LogP contribution >= 0.6 is 25.3 Å². The summed E-state index contributed by atoms with van der Waals surface area (Å²) in [5.74, 6) is 0.0416. The zero-order valence-corrected chi connectivity index (χ0v) is 7.37. The molecule has 0 saturated carbocycles. The Kier molecular flexibility index (Phi) is 2.92. The lowest BCUT2D eigenvalue weighted by atomic mass is 10.2. The molecule has 1 aliphatic heterocycles. The summed E-state index contributed by atoms with van der Waals surface area (Å²) in [5.41, 5.74) is 0. The molecule has 58 valence electrons. The highest BCUT2D eigenvalue weighted by Gasteiger charge is 2.20. The van der Waals surface area contributed by atoms with Gasteiger partial charge < -0.3 is 5.32 Å². The van der Waals surface area contributed by atoms with E-state index >= 15 is 0 Å². The molecule has 1 aliphatic rings. The number of carbonyl (C=O) groups is 1. The molecular formula is C6H11NOS2. The summed E-state index contributed by atoms with van der Waals surface area (Å²) in [6, 6.07) is 0. The van der Waals surface area contributed by atoms with Gasteiger partial charge in [-0.25, -0.2) is 0 Å². The van der Waals surface area contributed by atoms with Gasteiger partial charge in [-0.3, -0.25) is 4.79 Å². The number of hydrogen-bond acceptors (Lipinski definition) is 3. The number of rotatable bonds is 0. The lowest BCUT2D eigenvalue weighted by Gasteiger charge is -2.06. The van der Waals surface area contributed by atoms with Gasteiger partial charge in [-0.1, -0.05) is 0 Å². The van der Waals surface area contributed by atoms with Crippen LogP contribution in [-0.4, -0.2) is 23.0 Å². The summed E-state index contributed by atoms with van der Waals surface area (Å²) in [4.78, 5) is 10.9. The smallest absolute Gasteiger partial charge is 0.232 e. The third-order valence-electron chi connectivity index (χ3n) is 1.57. The van der Waals surface area contributed by atoms with Crippen molar-refractivity contribution in [1.82, 2.24) is 5.32 Å². The van der Waals surface area contributed by atoms with Gasteiger partial charge >= 0.3 is 0 Å². The van der Waals surface area contributed by atoms with Crippen LogP contribution in [0.2, 0.25) is 0 Å². The molecule has 0 radical (unpaired) electrons. The van der Waals surface area contributed by atoms with Gasteiger partial charge in [-0.15, -0.1) is 0 Å². The van der Waals surface area contributed by atoms with Gasteiger partial charge in [-0.2, -0.15) is 25.3 Å². The average Bonchev–Trinajstić information content (AvgIpc) is 1.96. The first-order valence-corrected chi connectivity index (χ1v) is 4.37. The van der Waals surface area contributed by atoms with Crippen LogP contribution in [0, 0.1) is 0 Å². The van der Waals surface area contributed by atoms with Crippen molar-refractivity contribution in [2.75, 3.05) is 6.54 Å². The minimum Gasteiger partial charge on any atom is -0.355 e. The zero-order valence-electron chi connectivity index (χ0n) is 5.58. The van der Waals surface area contributed by atoms with Crippen LogP contribution in [0.1, 0.15) is 12.8 Å². The summed E-state index contributed by atoms with van der Waals surface area (Å²) < 4.78 is 0. The van der Waals surface area contributed by atoms with Crippen molar-refractivity contribution in [2.45, 2.75) is 23.3 Å². The summed E-state index contributed by atoms with van der Waals surface area (Å²) in [6.45, 7) is 0.740. The van der Waals surface area contributed by atoms with Crippen molar-refractivity contribution in [2.24, 2.45) is 0 Å². The third-order valence-corrected chi connectivity index (χ3v) is 2.49. The van der Waals surface area contributed by atoms with Crippen molar-refractivity contribution in [3.05, 3.63) is 0 Å². The topological polar surface area (TPSA) is 29.1 Å². The molecule has 0 aliphatic carbocycles. The molecule has 0 aromatic heterocycles. The van der Waals surface area contributed by atoms with E-state index < -0.39 is 0 Å². The molecular weight excluding hydrogens is 166 g/mol. The van der Waals surface area contributed by atoms with Crippen LogP contribution < -0.4 is 5.32 Å². The van der Waals surface area contributed by atoms with Gasteiger partial charge in [0.05, 0.1) is 5.25 Å². The Morgan fingerprint density at radius 3 is 2.90 bits per heavy atom. The van der Waals surface area contributed by atoms with Gasteiger partial charge in [0.2, 0.25) is 5.91 Å². The van der Waals surface area contributed by atoms with E-state index in [4.69, 9.17) is 0 Å². The van der Waals surface area contributed by atoms with Crippen molar-refractivity contribution >= 4 is 31.2 Å². The summed E-state index contributed by atoms with van der Waals surface area (Å²) in [5, 5.41) is 2.92. The van der Waals surface area contributed by atoms with E-state index in [2.05, 4.69) is 30.6 Å². The van der Waals surface area contributed by atoms with E-state index in [1.54, 1.807) is 0 Å². The Balaban J connectivity index is 2.49. The first-order valence-electron chi connectivity index (χ1n) is 3.34. The molecule has 0 bridgehead atoms. The second-order valence-corrected chi connectivity index (χ2v) is 3.84. The average molecular weight is 177 g/mol. The van der Waals surface area contributed by atoms with E-state index in [1.807, 2.05) is 0 Å². The number of hydrogen-bond donors (Lipinski definition) is 3. The Bertz CT molecular complexity index is 140. The van der Waals surface area contributed by atoms with Crippen LogP contribution in [0.3, 0.4) is 0 Å². The maximum absolute atomic E-state index is 10.9. The van der Waals surface area contributed by atoms with Crippen LogP contribution in [0.4, 0.5) is 0 Å². The molecule has 1 saturated heterocycles. The number of carbonyl (C=O) groups excluding carboxylic acids is 1. The quantitative estimate of drug-likeness (QED) is 0.462. The van der Waals surface area contributed by atoms with Gasteiger partial charge in [0.1, 0.15) is 0 Å². The highest BCUT2D eigenvalue weighted by atomic mass is 32.1. The number of thiol groups is 2. The predicted molar refractivity (Wildman–Crippen MR) is 47.8 cm³/mol. The van der Waals surface area contributed by atoms with E-state index in [9.17, 15) is 4.79 Å². The van der Waals surface area contributed by atoms with Crippen molar-refractivity contribution in [3.8, 4) is 0 Å². The normalized spacial score (nSPS) is 34.8. The van der Waals surface area contributed by atoms with Gasteiger partial charge in [0, 0.05) is 11.8 Å². The van der Waals surface area contributed by atoms with Crippen LogP contribution in [0.5, 0.6) is 0 Å². The predicted octanol–water partition coefficient (Wildman–Crippen LogP) is 0.493. The van der Waals surface area contributed by atoms with E-state index in [0.717, 1.165) is 19.4 Å². The molecule has 0 aromatic rings. The van der Waals surface area contributed by atoms with Crippen LogP contribution in [-0.2, 0) is 4.79 Å². The molecule has 1 amide bonds. The number of nitrogens with one attached hydrogen (secondary N) is 1. The van der Waals surface area contributed by atoms with Crippen molar-refractivity contribution in [3.63, 3.8) is 0 Å². The largest absolute Gasteiger partial charge is 0.355 e. The fourth-order valence-corrected chi connectivity index (χ4v) is 1.81. The second-order valence-electron chi connectivity index (χ2n) is 2.49. The second kappa shape index (κ2) is 3.53. The van der Waals surface area contributed by atoms with Crippen molar-refractivity contribution < 1.29 is 4.79 Å². The first-order chi connectivity index (χ1) is 4.70. The molecule has 2 unspecified atom stereocenters. The zero-order chi connectivity index (χ0) is 7.56. The Labute approximate surface area is 71.6 Å². The van der Waals surface area contributed by atoms with Crippen molar-refractivity contribution in [1.29, 1.82) is 0 Å². The molecule has 1 fully saturated rings. The van der Waals surface area contributed by atoms with E-state index in [-0.39, 0.29) is 11.2 Å². The lowest BCUT2D eigenvalue weighted by molar-refractivity contribution is -0.120. The molecule has 1 N–H and O–H groups in total. The first kappa shape index (κ1) is 8.27. The highest BCUT2D eigenvalue weighted by molar-refractivity contribution is 7.82. The van der Waals surface area contributed by atoms with Gasteiger partial charge in [0.15, 0.2) is 0 Å². The van der Waals surface area contributed by atoms with Crippen LogP contribution in [0.25, 0.3) is 0 Å².